The van der Waals surface area contributed by atoms with Gasteiger partial charge in [0.2, 0.25) is 0 Å². The highest BCUT2D eigenvalue weighted by Gasteiger charge is 2.30. The standard InChI is InChI=1S/C17H23N3O3/c1-3-22-17(21)16(20-18)12(2)19-14-9-15(10-14)23-11-13-7-5-4-6-8-13/h4-8,14-15H,3,9-11,18H2,1-2H3/b19-12?,20-16+. The molecule has 1 saturated carbocycles. The van der Waals surface area contributed by atoms with Crippen LogP contribution in [0.1, 0.15) is 32.3 Å². The largest absolute Gasteiger partial charge is 0.461 e. The zero-order valence-electron chi connectivity index (χ0n) is 13.6. The molecule has 1 aromatic rings. The van der Waals surface area contributed by atoms with Crippen LogP contribution in [-0.2, 0) is 20.9 Å². The molecule has 6 heteroatoms. The summed E-state index contributed by atoms with van der Waals surface area (Å²) in [7, 11) is 0. The van der Waals surface area contributed by atoms with Gasteiger partial charge in [-0.25, -0.2) is 4.79 Å². The Bertz CT molecular complexity index is 578. The van der Waals surface area contributed by atoms with E-state index < -0.39 is 5.97 Å². The summed E-state index contributed by atoms with van der Waals surface area (Å²) in [6.07, 6.45) is 1.88. The minimum Gasteiger partial charge on any atom is -0.461 e. The molecule has 0 atom stereocenters. The average Bonchev–Trinajstić information content (AvgIpc) is 2.51. The molecular weight excluding hydrogens is 294 g/mol. The number of benzene rings is 1. The van der Waals surface area contributed by atoms with Crippen molar-refractivity contribution in [1.29, 1.82) is 0 Å². The van der Waals surface area contributed by atoms with Crippen molar-refractivity contribution < 1.29 is 14.3 Å². The normalized spacial score (nSPS) is 21.7. The zero-order chi connectivity index (χ0) is 16.7. The lowest BCUT2D eigenvalue weighted by molar-refractivity contribution is -0.134. The number of ether oxygens (including phenoxy) is 2. The predicted octanol–water partition coefficient (Wildman–Crippen LogP) is 2.07. The van der Waals surface area contributed by atoms with Gasteiger partial charge in [0.25, 0.3) is 0 Å². The summed E-state index contributed by atoms with van der Waals surface area (Å²) in [4.78, 5) is 16.2. The molecule has 2 rings (SSSR count). The Morgan fingerprint density at radius 3 is 2.61 bits per heavy atom. The first-order valence-corrected chi connectivity index (χ1v) is 7.79. The molecule has 0 bridgehead atoms. The predicted molar refractivity (Wildman–Crippen MR) is 89.4 cm³/mol. The quantitative estimate of drug-likeness (QED) is 0.361. The summed E-state index contributed by atoms with van der Waals surface area (Å²) < 4.78 is 10.7. The minimum absolute atomic E-state index is 0.0838. The summed E-state index contributed by atoms with van der Waals surface area (Å²) in [6.45, 7) is 4.35. The fourth-order valence-corrected chi connectivity index (χ4v) is 2.40. The lowest BCUT2D eigenvalue weighted by Crippen LogP contribution is -2.36. The summed E-state index contributed by atoms with van der Waals surface area (Å²) in [5.74, 6) is 4.73. The number of esters is 1. The van der Waals surface area contributed by atoms with E-state index >= 15 is 0 Å². The molecule has 0 aliphatic heterocycles. The first-order valence-electron chi connectivity index (χ1n) is 7.79. The molecule has 1 aliphatic carbocycles. The number of carbonyl (C=O) groups is 1. The van der Waals surface area contributed by atoms with E-state index in [1.54, 1.807) is 13.8 Å². The lowest BCUT2D eigenvalue weighted by atomic mass is 9.89. The fraction of sp³-hybridized carbons (Fsp3) is 0.471. The highest BCUT2D eigenvalue weighted by atomic mass is 16.5. The number of nitrogens with zero attached hydrogens (tertiary/aromatic N) is 2. The van der Waals surface area contributed by atoms with Crippen LogP contribution in [0.3, 0.4) is 0 Å². The van der Waals surface area contributed by atoms with Crippen molar-refractivity contribution in [2.45, 2.75) is 45.4 Å². The molecule has 0 aromatic heterocycles. The van der Waals surface area contributed by atoms with E-state index in [-0.39, 0.29) is 24.5 Å². The molecule has 1 aromatic carbocycles. The Morgan fingerprint density at radius 1 is 1.30 bits per heavy atom. The second-order valence-corrected chi connectivity index (χ2v) is 5.46. The summed E-state index contributed by atoms with van der Waals surface area (Å²) >= 11 is 0. The maximum Gasteiger partial charge on any atom is 0.360 e. The Morgan fingerprint density at radius 2 is 2.00 bits per heavy atom. The van der Waals surface area contributed by atoms with Gasteiger partial charge in [-0.1, -0.05) is 30.3 Å². The Labute approximate surface area is 136 Å². The van der Waals surface area contributed by atoms with E-state index in [9.17, 15) is 4.79 Å². The van der Waals surface area contributed by atoms with Crippen molar-refractivity contribution in [1.82, 2.24) is 0 Å². The van der Waals surface area contributed by atoms with Crippen LogP contribution in [-0.4, -0.2) is 36.1 Å². The van der Waals surface area contributed by atoms with Gasteiger partial charge in [0, 0.05) is 0 Å². The van der Waals surface area contributed by atoms with Gasteiger partial charge in [-0.3, -0.25) is 4.99 Å². The van der Waals surface area contributed by atoms with E-state index in [4.69, 9.17) is 15.3 Å². The second-order valence-electron chi connectivity index (χ2n) is 5.46. The number of aliphatic imine (C=N–C) groups is 1. The van der Waals surface area contributed by atoms with Crippen LogP contribution < -0.4 is 5.84 Å². The van der Waals surface area contributed by atoms with Gasteiger partial charge in [-0.2, -0.15) is 5.10 Å². The zero-order valence-corrected chi connectivity index (χ0v) is 13.6. The van der Waals surface area contributed by atoms with Gasteiger partial charge in [-0.05, 0) is 32.3 Å². The van der Waals surface area contributed by atoms with Crippen molar-refractivity contribution in [2.24, 2.45) is 15.9 Å². The number of hydrogen-bond donors (Lipinski definition) is 1. The lowest BCUT2D eigenvalue weighted by Gasteiger charge is -2.32. The molecule has 0 amide bonds. The Balaban J connectivity index is 1.78. The summed E-state index contributed by atoms with van der Waals surface area (Å²) in [6, 6.07) is 10.2. The van der Waals surface area contributed by atoms with Crippen molar-refractivity contribution >= 4 is 17.4 Å². The first kappa shape index (κ1) is 17.1. The van der Waals surface area contributed by atoms with Crippen LogP contribution in [0, 0.1) is 0 Å². The molecule has 1 fully saturated rings. The molecule has 124 valence electrons. The highest BCUT2D eigenvalue weighted by molar-refractivity contribution is 6.65. The van der Waals surface area contributed by atoms with Crippen LogP contribution in [0.5, 0.6) is 0 Å². The van der Waals surface area contributed by atoms with Crippen molar-refractivity contribution in [3.8, 4) is 0 Å². The highest BCUT2D eigenvalue weighted by Crippen LogP contribution is 2.27. The molecular formula is C17H23N3O3. The van der Waals surface area contributed by atoms with E-state index in [0.717, 1.165) is 18.4 Å². The molecule has 2 N–H and O–H groups in total. The van der Waals surface area contributed by atoms with Crippen LogP contribution in [0.15, 0.2) is 40.4 Å². The number of rotatable bonds is 7. The minimum atomic E-state index is -0.535. The monoisotopic (exact) mass is 317 g/mol. The van der Waals surface area contributed by atoms with Crippen LogP contribution in [0.2, 0.25) is 0 Å². The third kappa shape index (κ3) is 4.89. The number of hydrazone groups is 1. The van der Waals surface area contributed by atoms with E-state index in [1.807, 2.05) is 30.3 Å². The van der Waals surface area contributed by atoms with E-state index in [0.29, 0.717) is 12.3 Å². The van der Waals surface area contributed by atoms with Crippen LogP contribution in [0.25, 0.3) is 0 Å². The molecule has 6 nitrogen and oxygen atoms in total. The topological polar surface area (TPSA) is 86.3 Å². The molecule has 23 heavy (non-hydrogen) atoms. The van der Waals surface area contributed by atoms with Crippen molar-refractivity contribution in [3.05, 3.63) is 35.9 Å². The third-order valence-corrected chi connectivity index (χ3v) is 3.72. The molecule has 0 unspecified atom stereocenters. The van der Waals surface area contributed by atoms with Gasteiger partial charge in [0.05, 0.1) is 31.1 Å². The maximum atomic E-state index is 11.7. The van der Waals surface area contributed by atoms with Crippen LogP contribution in [0.4, 0.5) is 0 Å². The first-order chi connectivity index (χ1) is 11.1. The fourth-order valence-electron chi connectivity index (χ4n) is 2.40. The van der Waals surface area contributed by atoms with Crippen molar-refractivity contribution in [3.63, 3.8) is 0 Å². The summed E-state index contributed by atoms with van der Waals surface area (Å²) in [5.41, 5.74) is 1.76. The van der Waals surface area contributed by atoms with Gasteiger partial charge in [-0.15, -0.1) is 0 Å². The smallest absolute Gasteiger partial charge is 0.360 e. The molecule has 0 spiro atoms. The number of hydrogen-bond acceptors (Lipinski definition) is 6. The molecule has 1 aliphatic rings. The SMILES string of the molecule is CCOC(=O)/C(=N/N)C(C)=NC1CC(OCc2ccccc2)C1. The van der Waals surface area contributed by atoms with Gasteiger partial charge >= 0.3 is 5.97 Å². The maximum absolute atomic E-state index is 11.7. The second kappa shape index (κ2) is 8.43. The third-order valence-electron chi connectivity index (χ3n) is 3.72. The van der Waals surface area contributed by atoms with Crippen molar-refractivity contribution in [2.75, 3.05) is 6.61 Å². The number of nitrogens with two attached hydrogens (primary N) is 1. The summed E-state index contributed by atoms with van der Waals surface area (Å²) in [5, 5.41) is 3.49. The molecule has 0 saturated heterocycles. The van der Waals surface area contributed by atoms with E-state index in [2.05, 4.69) is 10.1 Å². The molecule has 0 heterocycles. The van der Waals surface area contributed by atoms with E-state index in [1.165, 1.54) is 0 Å². The molecule has 0 radical (unpaired) electrons. The van der Waals surface area contributed by atoms with Gasteiger partial charge in [0.15, 0.2) is 5.71 Å². The Kier molecular flexibility index (Phi) is 6.29. The van der Waals surface area contributed by atoms with Gasteiger partial charge in [0.1, 0.15) is 0 Å². The van der Waals surface area contributed by atoms with Gasteiger partial charge < -0.3 is 15.3 Å². The van der Waals surface area contributed by atoms with Crippen LogP contribution >= 0.6 is 0 Å². The number of carbonyl (C=O) groups excluding carboxylic acids is 1. The Hall–Kier alpha value is -2.21. The average molecular weight is 317 g/mol.